The molecule has 5 rings (SSSR count). The highest BCUT2D eigenvalue weighted by molar-refractivity contribution is 7.07. The summed E-state index contributed by atoms with van der Waals surface area (Å²) in [4.78, 5) is 4.79. The predicted octanol–water partition coefficient (Wildman–Crippen LogP) is 5.22. The van der Waals surface area contributed by atoms with Crippen LogP contribution < -0.4 is 20.3 Å². The Labute approximate surface area is 220 Å². The third-order valence-corrected chi connectivity index (χ3v) is 11.3. The third kappa shape index (κ3) is 4.97. The van der Waals surface area contributed by atoms with Crippen molar-refractivity contribution < 1.29 is 13.9 Å². The van der Waals surface area contributed by atoms with Crippen LogP contribution in [0.15, 0.2) is 120 Å². The van der Waals surface area contributed by atoms with Crippen molar-refractivity contribution >= 4 is 35.5 Å². The van der Waals surface area contributed by atoms with E-state index in [2.05, 4.69) is 105 Å². The quantitative estimate of drug-likeness (QED) is 0.230. The lowest BCUT2D eigenvalue weighted by Crippen LogP contribution is -2.71. The molecule has 1 fully saturated rings. The van der Waals surface area contributed by atoms with Gasteiger partial charge in [0.2, 0.25) is 0 Å². The minimum Gasteiger partial charge on any atom is -0.497 e. The van der Waals surface area contributed by atoms with Crippen LogP contribution in [0.3, 0.4) is 0 Å². The van der Waals surface area contributed by atoms with Crippen molar-refractivity contribution in [1.29, 1.82) is 0 Å². The standard InChI is InChI=1S/C32H33NO3Si/c1-4-30-31(35-32(30)33-25-20-22-26(34-3)23-21-25)24(2)36-37(27-14-8-5-9-15-27,28-16-10-6-11-17-28)29-18-12-7-13-19-29/h5-24,30-31H,4H2,1-3H3/t24-,30-,31-/m0/s1. The van der Waals surface area contributed by atoms with Crippen LogP contribution >= 0.6 is 0 Å². The monoisotopic (exact) mass is 507 g/mol. The van der Waals surface area contributed by atoms with Crippen LogP contribution in [-0.4, -0.2) is 33.5 Å². The van der Waals surface area contributed by atoms with Gasteiger partial charge in [0.25, 0.3) is 8.32 Å². The Kier molecular flexibility index (Phi) is 7.54. The molecule has 0 radical (unpaired) electrons. The Hall–Kier alpha value is -3.67. The molecule has 0 bridgehead atoms. The maximum atomic E-state index is 7.30. The van der Waals surface area contributed by atoms with Crippen molar-refractivity contribution in [3.63, 3.8) is 0 Å². The van der Waals surface area contributed by atoms with Gasteiger partial charge in [-0.15, -0.1) is 0 Å². The number of nitrogens with zero attached hydrogens (tertiary/aromatic N) is 1. The molecule has 0 N–H and O–H groups in total. The van der Waals surface area contributed by atoms with Crippen LogP contribution in [0.1, 0.15) is 20.3 Å². The average molecular weight is 508 g/mol. The lowest BCUT2D eigenvalue weighted by Gasteiger charge is -2.45. The van der Waals surface area contributed by atoms with Crippen molar-refractivity contribution in [2.45, 2.75) is 32.5 Å². The van der Waals surface area contributed by atoms with Gasteiger partial charge in [0.1, 0.15) is 11.9 Å². The number of benzene rings is 4. The lowest BCUT2D eigenvalue weighted by atomic mass is 9.90. The summed E-state index contributed by atoms with van der Waals surface area (Å²) in [7, 11) is -1.15. The molecule has 37 heavy (non-hydrogen) atoms. The normalized spacial score (nSPS) is 19.1. The summed E-state index contributed by atoms with van der Waals surface area (Å²) < 4.78 is 18.9. The zero-order valence-electron chi connectivity index (χ0n) is 21.6. The fraction of sp³-hybridized carbons (Fsp3) is 0.219. The molecule has 0 amide bonds. The van der Waals surface area contributed by atoms with Gasteiger partial charge in [0.15, 0.2) is 5.90 Å². The number of aliphatic imine (C=N–C) groups is 1. The van der Waals surface area contributed by atoms with Crippen LogP contribution in [0.2, 0.25) is 0 Å². The van der Waals surface area contributed by atoms with Crippen molar-refractivity contribution in [1.82, 2.24) is 0 Å². The molecule has 1 aliphatic heterocycles. The number of hydrogen-bond donors (Lipinski definition) is 0. The van der Waals surface area contributed by atoms with Gasteiger partial charge in [-0.1, -0.05) is 97.9 Å². The fourth-order valence-corrected chi connectivity index (χ4v) is 9.25. The summed E-state index contributed by atoms with van der Waals surface area (Å²) >= 11 is 0. The van der Waals surface area contributed by atoms with Crippen LogP contribution in [0.4, 0.5) is 5.69 Å². The van der Waals surface area contributed by atoms with E-state index in [4.69, 9.17) is 18.9 Å². The van der Waals surface area contributed by atoms with E-state index in [9.17, 15) is 0 Å². The largest absolute Gasteiger partial charge is 0.497 e. The smallest absolute Gasteiger partial charge is 0.288 e. The number of ether oxygens (including phenoxy) is 2. The topological polar surface area (TPSA) is 40.0 Å². The van der Waals surface area contributed by atoms with Crippen molar-refractivity contribution in [3.05, 3.63) is 115 Å². The Morgan fingerprint density at radius 2 is 1.24 bits per heavy atom. The molecule has 3 atom stereocenters. The highest BCUT2D eigenvalue weighted by Crippen LogP contribution is 2.34. The van der Waals surface area contributed by atoms with E-state index >= 15 is 0 Å². The number of rotatable bonds is 9. The summed E-state index contributed by atoms with van der Waals surface area (Å²) in [5.74, 6) is 1.79. The Balaban J connectivity index is 1.49. The summed E-state index contributed by atoms with van der Waals surface area (Å²) in [6, 6.07) is 39.8. The van der Waals surface area contributed by atoms with Gasteiger partial charge in [0.05, 0.1) is 24.8 Å². The Morgan fingerprint density at radius 1 is 0.757 bits per heavy atom. The maximum Gasteiger partial charge on any atom is 0.288 e. The molecular formula is C32H33NO3Si. The van der Waals surface area contributed by atoms with Gasteiger partial charge in [-0.3, -0.25) is 0 Å². The minimum atomic E-state index is -2.81. The highest BCUT2D eigenvalue weighted by Gasteiger charge is 2.49. The molecule has 1 saturated heterocycles. The lowest BCUT2D eigenvalue weighted by molar-refractivity contribution is -0.0283. The zero-order chi connectivity index (χ0) is 25.7. The first-order valence-electron chi connectivity index (χ1n) is 12.9. The molecule has 1 aliphatic rings. The highest BCUT2D eigenvalue weighted by atomic mass is 28.4. The number of hydrogen-bond acceptors (Lipinski definition) is 4. The van der Waals surface area contributed by atoms with Gasteiger partial charge >= 0.3 is 0 Å². The van der Waals surface area contributed by atoms with Gasteiger partial charge in [-0.05, 0) is 53.2 Å². The second-order valence-electron chi connectivity index (χ2n) is 9.35. The predicted molar refractivity (Wildman–Crippen MR) is 153 cm³/mol. The van der Waals surface area contributed by atoms with Gasteiger partial charge in [0, 0.05) is 0 Å². The maximum absolute atomic E-state index is 7.30. The Morgan fingerprint density at radius 3 is 1.68 bits per heavy atom. The molecule has 0 spiro atoms. The van der Waals surface area contributed by atoms with Gasteiger partial charge in [-0.2, -0.15) is 0 Å². The van der Waals surface area contributed by atoms with Crippen LogP contribution in [0, 0.1) is 5.92 Å². The second kappa shape index (κ2) is 11.2. The molecule has 0 unspecified atom stereocenters. The zero-order valence-corrected chi connectivity index (χ0v) is 22.6. The third-order valence-electron chi connectivity index (χ3n) is 7.09. The molecule has 4 aromatic carbocycles. The first-order chi connectivity index (χ1) is 18.2. The summed E-state index contributed by atoms with van der Waals surface area (Å²) in [6.07, 6.45) is 0.737. The summed E-state index contributed by atoms with van der Waals surface area (Å²) in [5, 5.41) is 3.66. The van der Waals surface area contributed by atoms with Gasteiger partial charge in [-0.25, -0.2) is 4.99 Å². The fourth-order valence-electron chi connectivity index (χ4n) is 5.17. The van der Waals surface area contributed by atoms with Crippen molar-refractivity contribution in [2.75, 3.05) is 7.11 Å². The molecular weight excluding hydrogens is 474 g/mol. The molecule has 5 heteroatoms. The first kappa shape index (κ1) is 25.0. The molecule has 4 aromatic rings. The van der Waals surface area contributed by atoms with Crippen LogP contribution in [0.5, 0.6) is 5.75 Å². The van der Waals surface area contributed by atoms with E-state index in [0.29, 0.717) is 0 Å². The number of methoxy groups -OCH3 is 1. The van der Waals surface area contributed by atoms with Gasteiger partial charge < -0.3 is 13.9 Å². The molecule has 0 saturated carbocycles. The summed E-state index contributed by atoms with van der Waals surface area (Å²) in [6.45, 7) is 4.33. The van der Waals surface area contributed by atoms with Crippen LogP contribution in [-0.2, 0) is 9.16 Å². The van der Waals surface area contributed by atoms with Crippen LogP contribution in [0.25, 0.3) is 0 Å². The first-order valence-corrected chi connectivity index (χ1v) is 14.8. The van der Waals surface area contributed by atoms with E-state index < -0.39 is 8.32 Å². The SMILES string of the molecule is CC[C@@H]1C(=Nc2ccc(OC)cc2)O[C@H]1[C@H](C)O[Si](c1ccccc1)(c1ccccc1)c1ccccc1. The Bertz CT molecular complexity index is 1210. The van der Waals surface area contributed by atoms with E-state index in [1.807, 2.05) is 24.3 Å². The molecule has 0 aromatic heterocycles. The molecule has 4 nitrogen and oxygen atoms in total. The van der Waals surface area contributed by atoms with E-state index in [1.54, 1.807) is 7.11 Å². The van der Waals surface area contributed by atoms with E-state index in [-0.39, 0.29) is 18.1 Å². The van der Waals surface area contributed by atoms with E-state index in [1.165, 1.54) is 15.6 Å². The molecule has 1 heterocycles. The average Bonchev–Trinajstić information content (AvgIpc) is 2.95. The second-order valence-corrected chi connectivity index (χ2v) is 12.7. The van der Waals surface area contributed by atoms with Crippen molar-refractivity contribution in [3.8, 4) is 5.75 Å². The minimum absolute atomic E-state index is 0.0648. The van der Waals surface area contributed by atoms with E-state index in [0.717, 1.165) is 23.8 Å². The molecule has 188 valence electrons. The summed E-state index contributed by atoms with van der Waals surface area (Å²) in [5.41, 5.74) is 0.864. The van der Waals surface area contributed by atoms with Crippen molar-refractivity contribution in [2.24, 2.45) is 10.9 Å². The molecule has 0 aliphatic carbocycles.